The number of carbonyl (C=O) groups is 2. The predicted octanol–water partition coefficient (Wildman–Crippen LogP) is 0.897. The van der Waals surface area contributed by atoms with E-state index in [2.05, 4.69) is 0 Å². The molecule has 0 bridgehead atoms. The number of carboxylic acid groups (broad SMARTS) is 1. The minimum atomic E-state index is -1.56. The first-order valence-corrected chi connectivity index (χ1v) is 5.21. The summed E-state index contributed by atoms with van der Waals surface area (Å²) in [6.07, 6.45) is -3.79. The van der Waals surface area contributed by atoms with E-state index in [9.17, 15) is 24.2 Å². The SMILES string of the molecule is CC(=O)c1cc(F)ccc1C(O)C(O)CC(=O)O. The maximum Gasteiger partial charge on any atom is 0.306 e. The van der Waals surface area contributed by atoms with E-state index in [1.807, 2.05) is 0 Å². The Morgan fingerprint density at radius 1 is 1.33 bits per heavy atom. The summed E-state index contributed by atoms with van der Waals surface area (Å²) < 4.78 is 13.0. The van der Waals surface area contributed by atoms with Gasteiger partial charge in [-0.25, -0.2) is 4.39 Å². The summed E-state index contributed by atoms with van der Waals surface area (Å²) in [5.74, 6) is -2.41. The second kappa shape index (κ2) is 5.70. The summed E-state index contributed by atoms with van der Waals surface area (Å²) in [4.78, 5) is 21.7. The molecule has 0 saturated heterocycles. The topological polar surface area (TPSA) is 94.8 Å². The van der Waals surface area contributed by atoms with E-state index in [4.69, 9.17) is 5.11 Å². The van der Waals surface area contributed by atoms with Crippen molar-refractivity contribution in [2.75, 3.05) is 0 Å². The highest BCUT2D eigenvalue weighted by Crippen LogP contribution is 2.24. The number of hydrogen-bond donors (Lipinski definition) is 3. The number of rotatable bonds is 5. The van der Waals surface area contributed by atoms with Crippen LogP contribution in [-0.2, 0) is 4.79 Å². The normalized spacial score (nSPS) is 14.0. The molecule has 0 aliphatic carbocycles. The summed E-state index contributed by atoms with van der Waals surface area (Å²) in [5, 5.41) is 27.8. The molecule has 3 N–H and O–H groups in total. The van der Waals surface area contributed by atoms with Crippen molar-refractivity contribution in [3.63, 3.8) is 0 Å². The lowest BCUT2D eigenvalue weighted by atomic mass is 9.95. The molecule has 5 nitrogen and oxygen atoms in total. The Morgan fingerprint density at radius 3 is 2.44 bits per heavy atom. The summed E-state index contributed by atoms with van der Waals surface area (Å²) >= 11 is 0. The second-order valence-corrected chi connectivity index (χ2v) is 3.90. The zero-order chi connectivity index (χ0) is 13.9. The minimum Gasteiger partial charge on any atom is -0.481 e. The van der Waals surface area contributed by atoms with Crippen LogP contribution in [0.5, 0.6) is 0 Å². The van der Waals surface area contributed by atoms with Crippen LogP contribution in [0.2, 0.25) is 0 Å². The first kappa shape index (κ1) is 14.3. The zero-order valence-corrected chi connectivity index (χ0v) is 9.63. The van der Waals surface area contributed by atoms with Gasteiger partial charge in [-0.3, -0.25) is 9.59 Å². The van der Waals surface area contributed by atoms with Crippen LogP contribution in [0.25, 0.3) is 0 Å². The van der Waals surface area contributed by atoms with E-state index >= 15 is 0 Å². The van der Waals surface area contributed by atoms with Crippen LogP contribution >= 0.6 is 0 Å². The Hall–Kier alpha value is -1.79. The Bertz CT molecular complexity index is 472. The first-order valence-electron chi connectivity index (χ1n) is 5.21. The zero-order valence-electron chi connectivity index (χ0n) is 9.63. The molecule has 18 heavy (non-hydrogen) atoms. The molecule has 0 amide bonds. The molecule has 6 heteroatoms. The van der Waals surface area contributed by atoms with E-state index < -0.39 is 36.2 Å². The molecule has 1 rings (SSSR count). The molecule has 1 aromatic carbocycles. The van der Waals surface area contributed by atoms with Crippen LogP contribution in [-0.4, -0.2) is 33.2 Å². The molecule has 0 fully saturated rings. The van der Waals surface area contributed by atoms with Crippen LogP contribution in [0, 0.1) is 5.82 Å². The predicted molar refractivity (Wildman–Crippen MR) is 59.6 cm³/mol. The van der Waals surface area contributed by atoms with Crippen molar-refractivity contribution in [2.24, 2.45) is 0 Å². The second-order valence-electron chi connectivity index (χ2n) is 3.90. The quantitative estimate of drug-likeness (QED) is 0.680. The molecule has 0 saturated carbocycles. The molecule has 0 aliphatic rings. The van der Waals surface area contributed by atoms with Gasteiger partial charge in [-0.1, -0.05) is 6.07 Å². The number of halogens is 1. The van der Waals surface area contributed by atoms with Crippen LogP contribution in [0.4, 0.5) is 4.39 Å². The maximum atomic E-state index is 13.0. The third-order valence-corrected chi connectivity index (χ3v) is 2.46. The standard InChI is InChI=1S/C12H13FO5/c1-6(14)9-4-7(13)2-3-8(9)12(18)10(15)5-11(16)17/h2-4,10,12,15,18H,5H2,1H3,(H,16,17). The third-order valence-electron chi connectivity index (χ3n) is 2.46. The van der Waals surface area contributed by atoms with Gasteiger partial charge in [0.1, 0.15) is 11.9 Å². The van der Waals surface area contributed by atoms with Gasteiger partial charge in [-0.05, 0) is 24.6 Å². The van der Waals surface area contributed by atoms with Gasteiger partial charge in [0.2, 0.25) is 0 Å². The fraction of sp³-hybridized carbons (Fsp3) is 0.333. The molecule has 2 unspecified atom stereocenters. The van der Waals surface area contributed by atoms with Crippen molar-refractivity contribution in [1.82, 2.24) is 0 Å². The highest BCUT2D eigenvalue weighted by Gasteiger charge is 2.24. The lowest BCUT2D eigenvalue weighted by molar-refractivity contribution is -0.141. The number of aliphatic hydroxyl groups excluding tert-OH is 2. The average Bonchev–Trinajstić information content (AvgIpc) is 2.26. The van der Waals surface area contributed by atoms with Crippen LogP contribution < -0.4 is 0 Å². The fourth-order valence-electron chi connectivity index (χ4n) is 1.59. The molecule has 0 aromatic heterocycles. The van der Waals surface area contributed by atoms with Gasteiger partial charge in [0.15, 0.2) is 5.78 Å². The molecule has 1 aromatic rings. The van der Waals surface area contributed by atoms with Gasteiger partial charge < -0.3 is 15.3 Å². The van der Waals surface area contributed by atoms with Crippen LogP contribution in [0.3, 0.4) is 0 Å². The van der Waals surface area contributed by atoms with Crippen molar-refractivity contribution in [1.29, 1.82) is 0 Å². The lowest BCUT2D eigenvalue weighted by Gasteiger charge is -2.18. The first-order chi connectivity index (χ1) is 8.32. The monoisotopic (exact) mass is 256 g/mol. The molecule has 0 spiro atoms. The van der Waals surface area contributed by atoms with E-state index in [1.165, 1.54) is 6.92 Å². The van der Waals surface area contributed by atoms with Crippen LogP contribution in [0.15, 0.2) is 18.2 Å². The van der Waals surface area contributed by atoms with Gasteiger partial charge in [0, 0.05) is 5.56 Å². The number of carbonyl (C=O) groups excluding carboxylic acids is 1. The Kier molecular flexibility index (Phi) is 4.52. The number of aliphatic hydroxyl groups is 2. The van der Waals surface area contributed by atoms with Crippen molar-refractivity contribution in [2.45, 2.75) is 25.6 Å². The van der Waals surface area contributed by atoms with E-state index in [1.54, 1.807) is 0 Å². The highest BCUT2D eigenvalue weighted by molar-refractivity contribution is 5.95. The number of carboxylic acids is 1. The average molecular weight is 256 g/mol. The molecule has 0 aliphatic heterocycles. The number of ketones is 1. The van der Waals surface area contributed by atoms with Gasteiger partial charge in [0.05, 0.1) is 12.5 Å². The maximum absolute atomic E-state index is 13.0. The van der Waals surface area contributed by atoms with Crippen molar-refractivity contribution in [3.8, 4) is 0 Å². The van der Waals surface area contributed by atoms with Crippen molar-refractivity contribution < 1.29 is 29.3 Å². The van der Waals surface area contributed by atoms with E-state index in [0.29, 0.717) is 0 Å². The van der Waals surface area contributed by atoms with E-state index in [0.717, 1.165) is 18.2 Å². The van der Waals surface area contributed by atoms with Gasteiger partial charge in [-0.2, -0.15) is 0 Å². The third kappa shape index (κ3) is 3.35. The smallest absolute Gasteiger partial charge is 0.306 e. The number of Topliss-reactive ketones (excluding diaryl/α,β-unsaturated/α-hetero) is 1. The Balaban J connectivity index is 3.08. The number of aliphatic carboxylic acids is 1. The number of hydrogen-bond acceptors (Lipinski definition) is 4. The summed E-state index contributed by atoms with van der Waals surface area (Å²) in [7, 11) is 0. The number of benzene rings is 1. The summed E-state index contributed by atoms with van der Waals surface area (Å²) in [6, 6.07) is 3.12. The van der Waals surface area contributed by atoms with Gasteiger partial charge in [0.25, 0.3) is 0 Å². The van der Waals surface area contributed by atoms with Crippen molar-refractivity contribution >= 4 is 11.8 Å². The lowest BCUT2D eigenvalue weighted by Crippen LogP contribution is -2.23. The van der Waals surface area contributed by atoms with E-state index in [-0.39, 0.29) is 11.1 Å². The highest BCUT2D eigenvalue weighted by atomic mass is 19.1. The van der Waals surface area contributed by atoms with Crippen LogP contribution in [0.1, 0.15) is 35.4 Å². The minimum absolute atomic E-state index is 0.0117. The fourth-order valence-corrected chi connectivity index (χ4v) is 1.59. The molecule has 2 atom stereocenters. The molecule has 0 radical (unpaired) electrons. The molecule has 0 heterocycles. The summed E-state index contributed by atoms with van der Waals surface area (Å²) in [5.41, 5.74) is -0.0652. The molecular weight excluding hydrogens is 243 g/mol. The van der Waals surface area contributed by atoms with Gasteiger partial charge in [-0.15, -0.1) is 0 Å². The largest absolute Gasteiger partial charge is 0.481 e. The van der Waals surface area contributed by atoms with Crippen molar-refractivity contribution in [3.05, 3.63) is 35.1 Å². The Labute approximate surface area is 102 Å². The summed E-state index contributed by atoms with van der Waals surface area (Å²) in [6.45, 7) is 1.19. The van der Waals surface area contributed by atoms with Gasteiger partial charge >= 0.3 is 5.97 Å². The molecule has 98 valence electrons. The Morgan fingerprint density at radius 2 is 1.94 bits per heavy atom. The molecular formula is C12H13FO5.